The summed E-state index contributed by atoms with van der Waals surface area (Å²) in [5.41, 5.74) is 3.38. The van der Waals surface area contributed by atoms with Crippen molar-refractivity contribution in [1.82, 2.24) is 0 Å². The lowest BCUT2D eigenvalue weighted by Gasteiger charge is -2.07. The molecule has 0 unspecified atom stereocenters. The number of terminal acetylenes is 1. The predicted molar refractivity (Wildman–Crippen MR) is 55.1 cm³/mol. The van der Waals surface area contributed by atoms with Gasteiger partial charge in [-0.15, -0.1) is 6.42 Å². The normalized spacial score (nSPS) is 9.29. The van der Waals surface area contributed by atoms with E-state index < -0.39 is 5.97 Å². The molecular weight excluding hydrogens is 176 g/mol. The number of ether oxygens (including phenoxy) is 1. The van der Waals surface area contributed by atoms with Gasteiger partial charge in [-0.25, -0.2) is 4.79 Å². The van der Waals surface area contributed by atoms with E-state index in [1.54, 1.807) is 12.1 Å². The lowest BCUT2D eigenvalue weighted by Crippen LogP contribution is -2.04. The van der Waals surface area contributed by atoms with Crippen LogP contribution in [0.1, 0.15) is 16.7 Å². The lowest BCUT2D eigenvalue weighted by atomic mass is 10.0. The lowest BCUT2D eigenvalue weighted by molar-refractivity contribution is -0.128. The predicted octanol–water partition coefficient (Wildman–Crippen LogP) is 2.15. The Balaban J connectivity index is 3.02. The van der Waals surface area contributed by atoms with Gasteiger partial charge in [0.1, 0.15) is 5.75 Å². The van der Waals surface area contributed by atoms with Gasteiger partial charge in [0, 0.05) is 5.92 Å². The smallest absolute Gasteiger partial charge is 0.389 e. The number of hydrogen-bond acceptors (Lipinski definition) is 2. The zero-order chi connectivity index (χ0) is 10.7. The van der Waals surface area contributed by atoms with Gasteiger partial charge in [0.25, 0.3) is 0 Å². The van der Waals surface area contributed by atoms with Crippen molar-refractivity contribution in [3.8, 4) is 18.1 Å². The third-order valence-electron chi connectivity index (χ3n) is 2.23. The minimum absolute atomic E-state index is 0.508. The standard InChI is InChI=1S/C12H12O2/c1-5-12(13)14-11-6-8(2)10(4)9(3)7-11/h1,6-7H,2-4H3. The fourth-order valence-corrected chi connectivity index (χ4v) is 1.19. The molecular formula is C12H12O2. The summed E-state index contributed by atoms with van der Waals surface area (Å²) in [5.74, 6) is 1.75. The highest BCUT2D eigenvalue weighted by Gasteiger charge is 2.04. The third kappa shape index (κ3) is 2.14. The van der Waals surface area contributed by atoms with E-state index >= 15 is 0 Å². The van der Waals surface area contributed by atoms with Crippen LogP contribution < -0.4 is 4.74 Å². The van der Waals surface area contributed by atoms with Crippen molar-refractivity contribution < 1.29 is 9.53 Å². The molecule has 0 aliphatic rings. The largest absolute Gasteiger partial charge is 0.417 e. The van der Waals surface area contributed by atoms with Gasteiger partial charge >= 0.3 is 5.97 Å². The molecule has 0 aromatic heterocycles. The van der Waals surface area contributed by atoms with Crippen LogP contribution in [0.25, 0.3) is 0 Å². The fraction of sp³-hybridized carbons (Fsp3) is 0.250. The number of hydrogen-bond donors (Lipinski definition) is 0. The molecule has 0 saturated heterocycles. The van der Waals surface area contributed by atoms with E-state index in [1.807, 2.05) is 26.7 Å². The molecule has 0 amide bonds. The van der Waals surface area contributed by atoms with Gasteiger partial charge in [0.2, 0.25) is 0 Å². The van der Waals surface area contributed by atoms with Crippen molar-refractivity contribution in [2.75, 3.05) is 0 Å². The van der Waals surface area contributed by atoms with Crippen LogP contribution in [0, 0.1) is 33.1 Å². The average Bonchev–Trinajstić information content (AvgIpc) is 2.14. The maximum atomic E-state index is 10.8. The second kappa shape index (κ2) is 3.97. The molecule has 72 valence electrons. The van der Waals surface area contributed by atoms with Gasteiger partial charge in [-0.3, -0.25) is 0 Å². The zero-order valence-electron chi connectivity index (χ0n) is 8.55. The number of rotatable bonds is 1. The number of carbonyl (C=O) groups excluding carboxylic acids is 1. The molecule has 0 saturated carbocycles. The molecule has 0 radical (unpaired) electrons. The molecule has 0 N–H and O–H groups in total. The molecule has 14 heavy (non-hydrogen) atoms. The Morgan fingerprint density at radius 1 is 1.29 bits per heavy atom. The van der Waals surface area contributed by atoms with Crippen LogP contribution in [0.4, 0.5) is 0 Å². The van der Waals surface area contributed by atoms with Gasteiger partial charge in [-0.2, -0.15) is 0 Å². The van der Waals surface area contributed by atoms with Crippen molar-refractivity contribution in [2.24, 2.45) is 0 Å². The Hall–Kier alpha value is -1.75. The van der Waals surface area contributed by atoms with Crippen LogP contribution in [0.15, 0.2) is 12.1 Å². The maximum Gasteiger partial charge on any atom is 0.389 e. The molecule has 0 spiro atoms. The molecule has 0 aliphatic heterocycles. The number of esters is 1. The Labute approximate surface area is 83.9 Å². The van der Waals surface area contributed by atoms with E-state index in [2.05, 4.69) is 0 Å². The van der Waals surface area contributed by atoms with E-state index in [4.69, 9.17) is 11.2 Å². The molecule has 2 nitrogen and oxygen atoms in total. The fourth-order valence-electron chi connectivity index (χ4n) is 1.19. The monoisotopic (exact) mass is 188 g/mol. The van der Waals surface area contributed by atoms with Gasteiger partial charge in [-0.05, 0) is 49.6 Å². The maximum absolute atomic E-state index is 10.8. The van der Waals surface area contributed by atoms with Crippen molar-refractivity contribution in [1.29, 1.82) is 0 Å². The zero-order valence-corrected chi connectivity index (χ0v) is 8.55. The molecule has 0 heterocycles. The first-order valence-corrected chi connectivity index (χ1v) is 4.31. The van der Waals surface area contributed by atoms with Gasteiger partial charge < -0.3 is 4.74 Å². The van der Waals surface area contributed by atoms with Crippen LogP contribution in [-0.4, -0.2) is 5.97 Å². The summed E-state index contributed by atoms with van der Waals surface area (Å²) in [4.78, 5) is 10.8. The molecule has 1 rings (SSSR count). The molecule has 1 aromatic carbocycles. The van der Waals surface area contributed by atoms with Gasteiger partial charge in [0.15, 0.2) is 0 Å². The quantitative estimate of drug-likeness (QED) is 0.292. The summed E-state index contributed by atoms with van der Waals surface area (Å²) in [6.45, 7) is 5.96. The van der Waals surface area contributed by atoms with Gasteiger partial charge in [0.05, 0.1) is 0 Å². The summed E-state index contributed by atoms with van der Waals surface area (Å²) in [6.07, 6.45) is 4.90. The topological polar surface area (TPSA) is 26.3 Å². The van der Waals surface area contributed by atoms with E-state index in [9.17, 15) is 4.79 Å². The molecule has 2 heteroatoms. The van der Waals surface area contributed by atoms with E-state index in [-0.39, 0.29) is 0 Å². The van der Waals surface area contributed by atoms with Crippen LogP contribution in [0.2, 0.25) is 0 Å². The Morgan fingerprint density at radius 2 is 1.79 bits per heavy atom. The number of carbonyl (C=O) groups is 1. The van der Waals surface area contributed by atoms with Crippen LogP contribution in [-0.2, 0) is 4.79 Å². The highest BCUT2D eigenvalue weighted by atomic mass is 16.5. The van der Waals surface area contributed by atoms with Crippen molar-refractivity contribution in [2.45, 2.75) is 20.8 Å². The summed E-state index contributed by atoms with van der Waals surface area (Å²) >= 11 is 0. The average molecular weight is 188 g/mol. The molecule has 0 atom stereocenters. The van der Waals surface area contributed by atoms with E-state index in [1.165, 1.54) is 5.56 Å². The van der Waals surface area contributed by atoms with Crippen LogP contribution >= 0.6 is 0 Å². The summed E-state index contributed by atoms with van der Waals surface area (Å²) < 4.78 is 4.91. The highest BCUT2D eigenvalue weighted by molar-refractivity contribution is 5.89. The van der Waals surface area contributed by atoms with E-state index in [0.717, 1.165) is 11.1 Å². The van der Waals surface area contributed by atoms with Crippen molar-refractivity contribution >= 4 is 5.97 Å². The second-order valence-electron chi connectivity index (χ2n) is 3.22. The Morgan fingerprint density at radius 3 is 2.21 bits per heavy atom. The third-order valence-corrected chi connectivity index (χ3v) is 2.23. The van der Waals surface area contributed by atoms with Crippen LogP contribution in [0.3, 0.4) is 0 Å². The first kappa shape index (κ1) is 10.3. The highest BCUT2D eigenvalue weighted by Crippen LogP contribution is 2.20. The van der Waals surface area contributed by atoms with E-state index in [0.29, 0.717) is 5.75 Å². The van der Waals surface area contributed by atoms with Crippen molar-refractivity contribution in [3.63, 3.8) is 0 Å². The molecule has 1 aromatic rings. The molecule has 0 aliphatic carbocycles. The SMILES string of the molecule is C#CC(=O)Oc1cc(C)c(C)c(C)c1. The van der Waals surface area contributed by atoms with Crippen molar-refractivity contribution in [3.05, 3.63) is 28.8 Å². The Bertz CT molecular complexity index is 388. The number of aryl methyl sites for hydroxylation is 2. The minimum atomic E-state index is -0.660. The summed E-state index contributed by atoms with van der Waals surface area (Å²) in [7, 11) is 0. The Kier molecular flexibility index (Phi) is 2.93. The molecule has 0 bridgehead atoms. The molecule has 0 fully saturated rings. The summed E-state index contributed by atoms with van der Waals surface area (Å²) in [5, 5.41) is 0. The van der Waals surface area contributed by atoms with Gasteiger partial charge in [-0.1, -0.05) is 0 Å². The first-order valence-electron chi connectivity index (χ1n) is 4.31. The minimum Gasteiger partial charge on any atom is -0.417 e. The van der Waals surface area contributed by atoms with Crippen LogP contribution in [0.5, 0.6) is 5.75 Å². The summed E-state index contributed by atoms with van der Waals surface area (Å²) in [6, 6.07) is 3.61. The first-order chi connectivity index (χ1) is 6.54. The number of benzene rings is 1. The second-order valence-corrected chi connectivity index (χ2v) is 3.22.